The molecule has 0 spiro atoms. The van der Waals surface area contributed by atoms with Gasteiger partial charge in [-0.1, -0.05) is 17.7 Å². The minimum Gasteiger partial charge on any atom is -0.380 e. The lowest BCUT2D eigenvalue weighted by molar-refractivity contribution is 0.0703. The Bertz CT molecular complexity index is 964. The predicted molar refractivity (Wildman–Crippen MR) is 107 cm³/mol. The minimum absolute atomic E-state index is 0.109. The highest BCUT2D eigenvalue weighted by Crippen LogP contribution is 2.42. The van der Waals surface area contributed by atoms with Gasteiger partial charge in [-0.05, 0) is 17.9 Å². The fourth-order valence-electron chi connectivity index (χ4n) is 3.23. The Kier molecular flexibility index (Phi) is 5.11. The molecule has 5 nitrogen and oxygen atoms in total. The van der Waals surface area contributed by atoms with Crippen LogP contribution in [0.4, 0.5) is 5.69 Å². The van der Waals surface area contributed by atoms with E-state index < -0.39 is 0 Å². The number of halogens is 1. The SMILES string of the molecule is N#Cc1c([C@@H]2CCOC[C@H]2N)sc2c(NCc3cccs3)cc(Cl)nc12. The van der Waals surface area contributed by atoms with Crippen molar-refractivity contribution in [3.05, 3.63) is 44.1 Å². The molecule has 0 unspecified atom stereocenters. The molecule has 0 radical (unpaired) electrons. The summed E-state index contributed by atoms with van der Waals surface area (Å²) in [5.74, 6) is 0.113. The molecule has 1 aliphatic rings. The van der Waals surface area contributed by atoms with Crippen molar-refractivity contribution in [1.82, 2.24) is 4.98 Å². The predicted octanol–water partition coefficient (Wildman–Crippen LogP) is 4.33. The quantitative estimate of drug-likeness (QED) is 0.632. The standard InChI is InChI=1S/C18H17ClN4OS2/c19-15-6-14(22-8-10-2-1-5-25-10)18-16(23-15)12(7-20)17(26-18)11-3-4-24-9-13(11)21/h1-2,5-6,11,13H,3-4,8-9,21H2,(H,22,23)/t11-,13-/m1/s1. The van der Waals surface area contributed by atoms with E-state index >= 15 is 0 Å². The second-order valence-corrected chi connectivity index (χ2v) is 8.66. The first-order chi connectivity index (χ1) is 12.7. The summed E-state index contributed by atoms with van der Waals surface area (Å²) in [5, 5.41) is 15.6. The number of pyridine rings is 1. The topological polar surface area (TPSA) is 84.0 Å². The van der Waals surface area contributed by atoms with Crippen LogP contribution in [0.5, 0.6) is 0 Å². The molecule has 3 N–H and O–H groups in total. The third kappa shape index (κ3) is 3.31. The summed E-state index contributed by atoms with van der Waals surface area (Å²) in [6, 6.07) is 8.15. The van der Waals surface area contributed by atoms with Crippen LogP contribution in [0.15, 0.2) is 23.6 Å². The molecule has 4 heterocycles. The maximum Gasteiger partial charge on any atom is 0.131 e. The van der Waals surface area contributed by atoms with Gasteiger partial charge >= 0.3 is 0 Å². The van der Waals surface area contributed by atoms with Crippen molar-refractivity contribution < 1.29 is 4.74 Å². The Balaban J connectivity index is 1.77. The maximum absolute atomic E-state index is 9.77. The summed E-state index contributed by atoms with van der Waals surface area (Å²) < 4.78 is 6.41. The lowest BCUT2D eigenvalue weighted by atomic mass is 9.92. The van der Waals surface area contributed by atoms with Crippen LogP contribution in [0.1, 0.15) is 27.7 Å². The van der Waals surface area contributed by atoms with Gasteiger partial charge in [-0.25, -0.2) is 4.98 Å². The number of fused-ring (bicyclic) bond motifs is 1. The first-order valence-electron chi connectivity index (χ1n) is 8.30. The number of nitrogens with one attached hydrogen (secondary N) is 1. The molecule has 0 amide bonds. The summed E-state index contributed by atoms with van der Waals surface area (Å²) in [6.07, 6.45) is 0.814. The fourth-order valence-corrected chi connectivity index (χ4v) is 5.47. The molecule has 0 bridgehead atoms. The Morgan fingerprint density at radius 2 is 2.38 bits per heavy atom. The molecule has 1 aliphatic heterocycles. The maximum atomic E-state index is 9.77. The van der Waals surface area contributed by atoms with Crippen LogP contribution in [0.2, 0.25) is 5.15 Å². The van der Waals surface area contributed by atoms with Crippen LogP contribution in [-0.2, 0) is 11.3 Å². The molecule has 1 saturated heterocycles. The molecule has 8 heteroatoms. The zero-order valence-electron chi connectivity index (χ0n) is 13.9. The van der Waals surface area contributed by atoms with Gasteiger partial charge < -0.3 is 15.8 Å². The van der Waals surface area contributed by atoms with E-state index in [2.05, 4.69) is 27.8 Å². The number of hydrogen-bond donors (Lipinski definition) is 2. The zero-order chi connectivity index (χ0) is 18.1. The molecule has 4 rings (SSSR count). The van der Waals surface area contributed by atoms with E-state index in [1.807, 2.05) is 12.1 Å². The number of aromatic nitrogens is 1. The number of hydrogen-bond acceptors (Lipinski definition) is 7. The normalized spacial score (nSPS) is 20.2. The van der Waals surface area contributed by atoms with Crippen molar-refractivity contribution in [2.24, 2.45) is 5.73 Å². The third-order valence-electron chi connectivity index (χ3n) is 4.52. The van der Waals surface area contributed by atoms with Crippen molar-refractivity contribution in [2.45, 2.75) is 24.9 Å². The second kappa shape index (κ2) is 7.51. The highest BCUT2D eigenvalue weighted by Gasteiger charge is 2.30. The van der Waals surface area contributed by atoms with Gasteiger partial charge in [0, 0.05) is 40.9 Å². The summed E-state index contributed by atoms with van der Waals surface area (Å²) in [7, 11) is 0. The molecule has 0 saturated carbocycles. The molecule has 1 fully saturated rings. The molecular formula is C18H17ClN4OS2. The van der Waals surface area contributed by atoms with Crippen molar-refractivity contribution in [3.8, 4) is 6.07 Å². The number of nitriles is 1. The molecule has 3 aromatic heterocycles. The molecule has 3 aromatic rings. The summed E-state index contributed by atoms with van der Waals surface area (Å²) >= 11 is 9.53. The Labute approximate surface area is 164 Å². The van der Waals surface area contributed by atoms with E-state index in [1.54, 1.807) is 22.7 Å². The van der Waals surface area contributed by atoms with Crippen LogP contribution in [0.3, 0.4) is 0 Å². The van der Waals surface area contributed by atoms with E-state index in [0.717, 1.165) is 21.7 Å². The van der Waals surface area contributed by atoms with E-state index in [4.69, 9.17) is 22.1 Å². The Morgan fingerprint density at radius 1 is 1.50 bits per heavy atom. The highest BCUT2D eigenvalue weighted by molar-refractivity contribution is 7.20. The number of anilines is 1. The summed E-state index contributed by atoms with van der Waals surface area (Å²) in [6.45, 7) is 1.88. The average molecular weight is 405 g/mol. The molecular weight excluding hydrogens is 388 g/mol. The number of rotatable bonds is 4. The van der Waals surface area contributed by atoms with Crippen LogP contribution in [0, 0.1) is 11.3 Å². The number of nitrogens with zero attached hydrogens (tertiary/aromatic N) is 2. The van der Waals surface area contributed by atoms with E-state index in [9.17, 15) is 5.26 Å². The van der Waals surface area contributed by atoms with Crippen molar-refractivity contribution in [1.29, 1.82) is 5.26 Å². The Hall–Kier alpha value is -1.69. The average Bonchev–Trinajstić information content (AvgIpc) is 3.27. The van der Waals surface area contributed by atoms with Gasteiger partial charge in [-0.3, -0.25) is 0 Å². The van der Waals surface area contributed by atoms with Crippen LogP contribution >= 0.6 is 34.3 Å². The van der Waals surface area contributed by atoms with Gasteiger partial charge in [-0.15, -0.1) is 22.7 Å². The van der Waals surface area contributed by atoms with E-state index in [1.165, 1.54) is 4.88 Å². The smallest absolute Gasteiger partial charge is 0.131 e. The lowest BCUT2D eigenvalue weighted by Gasteiger charge is -2.28. The van der Waals surface area contributed by atoms with Crippen LogP contribution in [-0.4, -0.2) is 24.2 Å². The van der Waals surface area contributed by atoms with Gasteiger partial charge in [0.2, 0.25) is 0 Å². The van der Waals surface area contributed by atoms with Crippen molar-refractivity contribution in [3.63, 3.8) is 0 Å². The largest absolute Gasteiger partial charge is 0.380 e. The summed E-state index contributed by atoms with van der Waals surface area (Å²) in [4.78, 5) is 6.66. The molecule has 134 valence electrons. The minimum atomic E-state index is -0.109. The van der Waals surface area contributed by atoms with E-state index in [-0.39, 0.29) is 12.0 Å². The van der Waals surface area contributed by atoms with Crippen LogP contribution in [0.25, 0.3) is 10.2 Å². The monoisotopic (exact) mass is 404 g/mol. The third-order valence-corrected chi connectivity index (χ3v) is 6.93. The number of thiophene rings is 2. The number of nitrogens with two attached hydrogens (primary N) is 1. The molecule has 2 atom stereocenters. The first kappa shape index (κ1) is 17.7. The lowest BCUT2D eigenvalue weighted by Crippen LogP contribution is -2.37. The first-order valence-corrected chi connectivity index (χ1v) is 10.4. The second-order valence-electron chi connectivity index (χ2n) is 6.19. The molecule has 0 aliphatic carbocycles. The van der Waals surface area contributed by atoms with Gasteiger partial charge in [0.1, 0.15) is 16.7 Å². The van der Waals surface area contributed by atoms with Gasteiger partial charge in [0.15, 0.2) is 0 Å². The van der Waals surface area contributed by atoms with Gasteiger partial charge in [0.05, 0.1) is 22.6 Å². The zero-order valence-corrected chi connectivity index (χ0v) is 16.3. The van der Waals surface area contributed by atoms with Crippen LogP contribution < -0.4 is 11.1 Å². The highest BCUT2D eigenvalue weighted by atomic mass is 35.5. The Morgan fingerprint density at radius 3 is 3.12 bits per heavy atom. The van der Waals surface area contributed by atoms with E-state index in [0.29, 0.717) is 36.0 Å². The summed E-state index contributed by atoms with van der Waals surface area (Å²) in [5.41, 5.74) is 8.41. The number of ether oxygens (including phenoxy) is 1. The molecule has 26 heavy (non-hydrogen) atoms. The fraction of sp³-hybridized carbons (Fsp3) is 0.333. The van der Waals surface area contributed by atoms with Crippen molar-refractivity contribution >= 4 is 50.2 Å². The van der Waals surface area contributed by atoms with Gasteiger partial charge in [-0.2, -0.15) is 5.26 Å². The van der Waals surface area contributed by atoms with Crippen molar-refractivity contribution in [2.75, 3.05) is 18.5 Å². The van der Waals surface area contributed by atoms with Gasteiger partial charge in [0.25, 0.3) is 0 Å². The molecule has 0 aromatic carbocycles.